The predicted octanol–water partition coefficient (Wildman–Crippen LogP) is 2.93. The lowest BCUT2D eigenvalue weighted by molar-refractivity contribution is 0.0959. The predicted molar refractivity (Wildman–Crippen MR) is 91.1 cm³/mol. The fourth-order valence-corrected chi connectivity index (χ4v) is 3.07. The van der Waals surface area contributed by atoms with Crippen LogP contribution in [0, 0.1) is 6.92 Å². The molecule has 0 aliphatic carbocycles. The lowest BCUT2D eigenvalue weighted by Crippen LogP contribution is -2.21. The summed E-state index contributed by atoms with van der Waals surface area (Å²) in [4.78, 5) is 25.4. The molecule has 1 aromatic carbocycles. The Balaban J connectivity index is 1.84. The van der Waals surface area contributed by atoms with Crippen molar-refractivity contribution in [2.45, 2.75) is 13.8 Å². The van der Waals surface area contributed by atoms with Gasteiger partial charge in [0.15, 0.2) is 0 Å². The zero-order valence-electron chi connectivity index (χ0n) is 12.8. The summed E-state index contributed by atoms with van der Waals surface area (Å²) in [5, 5.41) is 13.2. The van der Waals surface area contributed by atoms with Crippen molar-refractivity contribution >= 4 is 39.2 Å². The maximum Gasteiger partial charge on any atom is 0.261 e. The first-order valence-electron chi connectivity index (χ1n) is 7.22. The van der Waals surface area contributed by atoms with Crippen molar-refractivity contribution < 1.29 is 9.59 Å². The number of aromatic nitrogens is 2. The van der Waals surface area contributed by atoms with Gasteiger partial charge in [-0.25, -0.2) is 0 Å². The van der Waals surface area contributed by atoms with Crippen molar-refractivity contribution in [1.82, 2.24) is 15.5 Å². The Bertz CT molecular complexity index is 864. The smallest absolute Gasteiger partial charge is 0.261 e. The molecule has 7 heteroatoms. The van der Waals surface area contributed by atoms with Crippen molar-refractivity contribution in [3.63, 3.8) is 0 Å². The molecule has 0 unspecified atom stereocenters. The molecule has 0 aliphatic heterocycles. The average molecular weight is 328 g/mol. The highest BCUT2D eigenvalue weighted by atomic mass is 32.1. The zero-order valence-corrected chi connectivity index (χ0v) is 13.6. The van der Waals surface area contributed by atoms with Gasteiger partial charge in [-0.2, -0.15) is 5.10 Å². The fraction of sp³-hybridized carbons (Fsp3) is 0.188. The SMILES string of the molecule is CCNC(=O)c1cc2c(NC(=O)c3ccc(C)cc3)[nH]nc2s1. The molecule has 0 spiro atoms. The summed E-state index contributed by atoms with van der Waals surface area (Å²) >= 11 is 1.29. The van der Waals surface area contributed by atoms with Gasteiger partial charge >= 0.3 is 0 Å². The van der Waals surface area contributed by atoms with Crippen LogP contribution in [-0.2, 0) is 0 Å². The van der Waals surface area contributed by atoms with Crippen LogP contribution in [0.2, 0.25) is 0 Å². The summed E-state index contributed by atoms with van der Waals surface area (Å²) in [6.45, 7) is 4.40. The lowest BCUT2D eigenvalue weighted by Gasteiger charge is -2.03. The number of benzene rings is 1. The quantitative estimate of drug-likeness (QED) is 0.688. The molecular weight excluding hydrogens is 312 g/mol. The summed E-state index contributed by atoms with van der Waals surface area (Å²) in [5.74, 6) is 0.144. The van der Waals surface area contributed by atoms with Gasteiger partial charge in [0.25, 0.3) is 11.8 Å². The standard InChI is InChI=1S/C16H16N4O2S/c1-3-17-15(22)12-8-11-13(19-20-16(11)23-12)18-14(21)10-6-4-9(2)5-7-10/h4-8H,3H2,1-2H3,(H,17,22)(H2,18,19,20,21). The van der Waals surface area contributed by atoms with E-state index in [-0.39, 0.29) is 11.8 Å². The maximum atomic E-state index is 12.3. The zero-order chi connectivity index (χ0) is 16.4. The van der Waals surface area contributed by atoms with Gasteiger partial charge in [0.2, 0.25) is 0 Å². The molecule has 118 valence electrons. The largest absolute Gasteiger partial charge is 0.352 e. The first kappa shape index (κ1) is 15.2. The number of hydrogen-bond acceptors (Lipinski definition) is 4. The minimum Gasteiger partial charge on any atom is -0.352 e. The number of fused-ring (bicyclic) bond motifs is 1. The number of nitrogens with one attached hydrogen (secondary N) is 3. The van der Waals surface area contributed by atoms with Crippen LogP contribution in [0.3, 0.4) is 0 Å². The van der Waals surface area contributed by atoms with Crippen LogP contribution < -0.4 is 10.6 Å². The number of carbonyl (C=O) groups excluding carboxylic acids is 2. The van der Waals surface area contributed by atoms with Crippen LogP contribution in [0.4, 0.5) is 5.82 Å². The van der Waals surface area contributed by atoms with Crippen molar-refractivity contribution in [3.8, 4) is 0 Å². The Morgan fingerprint density at radius 2 is 1.96 bits per heavy atom. The number of hydrogen-bond donors (Lipinski definition) is 3. The fourth-order valence-electron chi connectivity index (χ4n) is 2.16. The molecule has 0 radical (unpaired) electrons. The third kappa shape index (κ3) is 3.09. The summed E-state index contributed by atoms with van der Waals surface area (Å²) in [5.41, 5.74) is 1.66. The van der Waals surface area contributed by atoms with Gasteiger partial charge < -0.3 is 10.6 Å². The van der Waals surface area contributed by atoms with E-state index in [0.29, 0.717) is 27.6 Å². The van der Waals surface area contributed by atoms with Gasteiger partial charge in [-0.05, 0) is 32.0 Å². The van der Waals surface area contributed by atoms with E-state index < -0.39 is 0 Å². The summed E-state index contributed by atoms with van der Waals surface area (Å²) in [7, 11) is 0. The molecule has 0 atom stereocenters. The number of aromatic amines is 1. The van der Waals surface area contributed by atoms with E-state index in [2.05, 4.69) is 20.8 Å². The second kappa shape index (κ2) is 6.21. The van der Waals surface area contributed by atoms with Gasteiger partial charge in [-0.1, -0.05) is 17.7 Å². The molecule has 6 nitrogen and oxygen atoms in total. The Kier molecular flexibility index (Phi) is 4.12. The van der Waals surface area contributed by atoms with Crippen LogP contribution in [0.1, 0.15) is 32.5 Å². The van der Waals surface area contributed by atoms with Crippen LogP contribution >= 0.6 is 11.3 Å². The summed E-state index contributed by atoms with van der Waals surface area (Å²) < 4.78 is 0. The number of nitrogens with zero attached hydrogens (tertiary/aromatic N) is 1. The highest BCUT2D eigenvalue weighted by Gasteiger charge is 2.16. The normalized spacial score (nSPS) is 10.7. The van der Waals surface area contributed by atoms with Crippen molar-refractivity contribution in [2.75, 3.05) is 11.9 Å². The van der Waals surface area contributed by atoms with Gasteiger partial charge in [-0.15, -0.1) is 11.3 Å². The highest BCUT2D eigenvalue weighted by Crippen LogP contribution is 2.29. The number of aryl methyl sites for hydroxylation is 1. The van der Waals surface area contributed by atoms with Crippen LogP contribution in [0.15, 0.2) is 30.3 Å². The molecule has 0 saturated heterocycles. The van der Waals surface area contributed by atoms with Crippen LogP contribution in [0.25, 0.3) is 10.2 Å². The number of anilines is 1. The first-order chi connectivity index (χ1) is 11.1. The monoisotopic (exact) mass is 328 g/mol. The Labute approximate surface area is 136 Å². The first-order valence-corrected chi connectivity index (χ1v) is 8.04. The third-order valence-corrected chi connectivity index (χ3v) is 4.39. The molecule has 2 amide bonds. The Morgan fingerprint density at radius 1 is 1.22 bits per heavy atom. The molecule has 2 heterocycles. The molecule has 0 bridgehead atoms. The number of rotatable bonds is 4. The van der Waals surface area contributed by atoms with E-state index in [1.165, 1.54) is 11.3 Å². The summed E-state index contributed by atoms with van der Waals surface area (Å²) in [6.07, 6.45) is 0. The third-order valence-electron chi connectivity index (χ3n) is 3.36. The Hall–Kier alpha value is -2.67. The maximum absolute atomic E-state index is 12.3. The molecule has 3 aromatic rings. The number of H-pyrrole nitrogens is 1. The number of carbonyl (C=O) groups is 2. The molecule has 0 aliphatic rings. The lowest BCUT2D eigenvalue weighted by atomic mass is 10.1. The Morgan fingerprint density at radius 3 is 2.65 bits per heavy atom. The van der Waals surface area contributed by atoms with E-state index in [1.807, 2.05) is 26.0 Å². The molecule has 0 saturated carbocycles. The van der Waals surface area contributed by atoms with E-state index in [0.717, 1.165) is 10.9 Å². The molecule has 3 N–H and O–H groups in total. The highest BCUT2D eigenvalue weighted by molar-refractivity contribution is 7.20. The molecule has 0 fully saturated rings. The number of thiophene rings is 1. The van der Waals surface area contributed by atoms with E-state index >= 15 is 0 Å². The molecular formula is C16H16N4O2S. The average Bonchev–Trinajstić information content (AvgIpc) is 3.10. The van der Waals surface area contributed by atoms with Gasteiger partial charge in [0, 0.05) is 12.1 Å². The second-order valence-corrected chi connectivity index (χ2v) is 6.14. The van der Waals surface area contributed by atoms with Gasteiger partial charge in [0.1, 0.15) is 10.6 Å². The van der Waals surface area contributed by atoms with E-state index in [1.54, 1.807) is 18.2 Å². The molecule has 23 heavy (non-hydrogen) atoms. The summed E-state index contributed by atoms with van der Waals surface area (Å²) in [6, 6.07) is 9.04. The molecule has 3 rings (SSSR count). The van der Waals surface area contributed by atoms with E-state index in [4.69, 9.17) is 0 Å². The molecule has 2 aromatic heterocycles. The minimum atomic E-state index is -0.221. The van der Waals surface area contributed by atoms with Gasteiger partial charge in [0.05, 0.1) is 10.3 Å². The van der Waals surface area contributed by atoms with E-state index in [9.17, 15) is 9.59 Å². The van der Waals surface area contributed by atoms with Crippen LogP contribution in [0.5, 0.6) is 0 Å². The second-order valence-electron chi connectivity index (χ2n) is 5.11. The van der Waals surface area contributed by atoms with Crippen molar-refractivity contribution in [2.24, 2.45) is 0 Å². The minimum absolute atomic E-state index is 0.133. The number of amides is 2. The topological polar surface area (TPSA) is 86.9 Å². The van der Waals surface area contributed by atoms with Crippen LogP contribution in [-0.4, -0.2) is 28.6 Å². The van der Waals surface area contributed by atoms with Crippen molar-refractivity contribution in [1.29, 1.82) is 0 Å². The van der Waals surface area contributed by atoms with Crippen molar-refractivity contribution in [3.05, 3.63) is 46.3 Å². The van der Waals surface area contributed by atoms with Gasteiger partial charge in [-0.3, -0.25) is 14.7 Å².